The van der Waals surface area contributed by atoms with E-state index < -0.39 is 0 Å². The molecule has 0 aliphatic rings. The molecule has 11 rings (SSSR count). The van der Waals surface area contributed by atoms with E-state index in [0.717, 1.165) is 55.7 Å². The van der Waals surface area contributed by atoms with Crippen molar-refractivity contribution in [3.05, 3.63) is 212 Å². The van der Waals surface area contributed by atoms with E-state index in [9.17, 15) is 0 Å². The molecule has 3 heteroatoms. The highest BCUT2D eigenvalue weighted by Gasteiger charge is 2.24. The van der Waals surface area contributed by atoms with Crippen molar-refractivity contribution in [1.29, 1.82) is 0 Å². The van der Waals surface area contributed by atoms with Gasteiger partial charge >= 0.3 is 0 Å². The lowest BCUT2D eigenvalue weighted by Gasteiger charge is -2.26. The molecule has 0 aliphatic carbocycles. The van der Waals surface area contributed by atoms with E-state index in [4.69, 9.17) is 4.42 Å². The fourth-order valence-electron chi connectivity index (χ4n) is 8.33. The van der Waals surface area contributed by atoms with Crippen LogP contribution in [-0.2, 0) is 0 Å². The Kier molecular flexibility index (Phi) is 8.04. The van der Waals surface area contributed by atoms with Crippen molar-refractivity contribution in [2.45, 2.75) is 0 Å². The second kappa shape index (κ2) is 13.8. The Morgan fingerprint density at radius 2 is 0.842 bits per heavy atom. The van der Waals surface area contributed by atoms with Crippen molar-refractivity contribution >= 4 is 70.5 Å². The van der Waals surface area contributed by atoms with E-state index in [1.54, 1.807) is 0 Å². The van der Waals surface area contributed by atoms with Crippen LogP contribution in [-0.4, -0.2) is 0 Å². The molecule has 0 atom stereocenters. The lowest BCUT2D eigenvalue weighted by Crippen LogP contribution is -2.10. The minimum atomic E-state index is 0.854. The first-order chi connectivity index (χ1) is 28.3. The molecule has 0 aliphatic heterocycles. The van der Waals surface area contributed by atoms with E-state index in [2.05, 4.69) is 217 Å². The maximum Gasteiger partial charge on any atom is 0.159 e. The van der Waals surface area contributed by atoms with Gasteiger partial charge in [0, 0.05) is 42.2 Å². The summed E-state index contributed by atoms with van der Waals surface area (Å²) in [6.07, 6.45) is 0. The highest BCUT2D eigenvalue weighted by Crippen LogP contribution is 2.49. The van der Waals surface area contributed by atoms with Crippen LogP contribution >= 0.6 is 11.3 Å². The van der Waals surface area contributed by atoms with Crippen LogP contribution in [0.2, 0.25) is 0 Å². The van der Waals surface area contributed by atoms with Gasteiger partial charge in [-0.15, -0.1) is 11.3 Å². The summed E-state index contributed by atoms with van der Waals surface area (Å²) in [6, 6.07) is 76.2. The zero-order valence-electron chi connectivity index (χ0n) is 31.0. The fraction of sp³-hybridized carbons (Fsp3) is 0. The maximum absolute atomic E-state index is 7.17. The second-order valence-corrected chi connectivity index (χ2v) is 15.5. The number of furan rings is 1. The summed E-state index contributed by atoms with van der Waals surface area (Å²) in [6.45, 7) is 0. The molecule has 9 aromatic carbocycles. The maximum atomic E-state index is 7.17. The Balaban J connectivity index is 1.12. The first-order valence-corrected chi connectivity index (χ1v) is 20.1. The van der Waals surface area contributed by atoms with Gasteiger partial charge in [-0.2, -0.15) is 0 Å². The van der Waals surface area contributed by atoms with Crippen LogP contribution in [0.15, 0.2) is 217 Å². The standard InChI is InChI=1S/C54H35NOS/c1-4-14-36(15-5-1)38-26-28-39(29-27-38)40-30-32-43(33-31-40)55(48-22-13-25-51-52(48)45-20-10-11-24-50(45)57-51)49-23-12-21-44-47-35-42(37-16-6-2-7-17-37)34-46(53(47)56-54(44)49)41-18-8-3-9-19-41/h1-35H. The summed E-state index contributed by atoms with van der Waals surface area (Å²) in [4.78, 5) is 2.40. The van der Waals surface area contributed by atoms with Gasteiger partial charge in [0.15, 0.2) is 5.58 Å². The molecule has 0 bridgehead atoms. The van der Waals surface area contributed by atoms with Crippen LogP contribution in [0, 0.1) is 0 Å². The molecule has 0 radical (unpaired) electrons. The molecule has 11 aromatic rings. The van der Waals surface area contributed by atoms with Crippen LogP contribution in [0.3, 0.4) is 0 Å². The highest BCUT2D eigenvalue weighted by molar-refractivity contribution is 7.26. The van der Waals surface area contributed by atoms with Crippen LogP contribution < -0.4 is 4.90 Å². The van der Waals surface area contributed by atoms with E-state index in [1.165, 1.54) is 48.0 Å². The molecule has 57 heavy (non-hydrogen) atoms. The van der Waals surface area contributed by atoms with Crippen LogP contribution in [0.25, 0.3) is 86.6 Å². The molecule has 0 N–H and O–H groups in total. The van der Waals surface area contributed by atoms with Gasteiger partial charge in [-0.25, -0.2) is 0 Å². The van der Waals surface area contributed by atoms with Crippen molar-refractivity contribution < 1.29 is 4.42 Å². The lowest BCUT2D eigenvalue weighted by molar-refractivity contribution is 0.670. The third-order valence-corrected chi connectivity index (χ3v) is 12.2. The van der Waals surface area contributed by atoms with Crippen LogP contribution in [0.5, 0.6) is 0 Å². The summed E-state index contributed by atoms with van der Waals surface area (Å²) in [7, 11) is 0. The molecule has 268 valence electrons. The Labute approximate surface area is 335 Å². The van der Waals surface area contributed by atoms with Gasteiger partial charge in [-0.3, -0.25) is 0 Å². The van der Waals surface area contributed by atoms with Gasteiger partial charge in [-0.1, -0.05) is 164 Å². The molecule has 0 unspecified atom stereocenters. The predicted octanol–water partition coefficient (Wildman–Crippen LogP) is 16.1. The number of fused-ring (bicyclic) bond motifs is 6. The van der Waals surface area contributed by atoms with Gasteiger partial charge in [0.2, 0.25) is 0 Å². The molecule has 2 aromatic heterocycles. The number of anilines is 3. The minimum Gasteiger partial charge on any atom is -0.453 e. The Hall–Kier alpha value is -7.20. The Morgan fingerprint density at radius 1 is 0.333 bits per heavy atom. The summed E-state index contributed by atoms with van der Waals surface area (Å²) >= 11 is 1.84. The molecule has 0 amide bonds. The minimum absolute atomic E-state index is 0.854. The van der Waals surface area contributed by atoms with Crippen molar-refractivity contribution in [3.63, 3.8) is 0 Å². The number of benzene rings is 9. The average Bonchev–Trinajstić information content (AvgIpc) is 3.87. The van der Waals surface area contributed by atoms with Crippen molar-refractivity contribution in [3.8, 4) is 44.5 Å². The third kappa shape index (κ3) is 5.80. The number of hydrogen-bond donors (Lipinski definition) is 0. The Bertz CT molecular complexity index is 3200. The van der Waals surface area contributed by atoms with E-state index in [0.29, 0.717) is 0 Å². The van der Waals surface area contributed by atoms with Crippen molar-refractivity contribution in [2.75, 3.05) is 4.90 Å². The van der Waals surface area contributed by atoms with E-state index >= 15 is 0 Å². The van der Waals surface area contributed by atoms with Gasteiger partial charge in [0.05, 0.1) is 11.4 Å². The zero-order chi connectivity index (χ0) is 37.7. The number of para-hydroxylation sites is 1. The smallest absolute Gasteiger partial charge is 0.159 e. The average molecular weight is 746 g/mol. The van der Waals surface area contributed by atoms with E-state index in [1.807, 2.05) is 11.3 Å². The zero-order valence-corrected chi connectivity index (χ0v) is 31.8. The van der Waals surface area contributed by atoms with Crippen LogP contribution in [0.4, 0.5) is 17.1 Å². The van der Waals surface area contributed by atoms with Crippen molar-refractivity contribution in [2.24, 2.45) is 0 Å². The largest absolute Gasteiger partial charge is 0.453 e. The number of nitrogens with zero attached hydrogens (tertiary/aromatic N) is 1. The molecule has 0 saturated carbocycles. The molecule has 0 saturated heterocycles. The van der Waals surface area contributed by atoms with E-state index in [-0.39, 0.29) is 0 Å². The lowest BCUT2D eigenvalue weighted by atomic mass is 9.95. The molecule has 0 fully saturated rings. The topological polar surface area (TPSA) is 16.4 Å². The first-order valence-electron chi connectivity index (χ1n) is 19.3. The summed E-state index contributed by atoms with van der Waals surface area (Å²) in [5.74, 6) is 0. The molecular weight excluding hydrogens is 711 g/mol. The van der Waals surface area contributed by atoms with Crippen LogP contribution in [0.1, 0.15) is 0 Å². The molecule has 2 nitrogen and oxygen atoms in total. The predicted molar refractivity (Wildman–Crippen MR) is 243 cm³/mol. The SMILES string of the molecule is c1ccc(-c2ccc(-c3ccc(N(c4cccc5c4oc4c(-c6ccccc6)cc(-c6ccccc6)cc45)c4cccc5sc6ccccc6c45)cc3)cc2)cc1. The fourth-order valence-corrected chi connectivity index (χ4v) is 9.46. The highest BCUT2D eigenvalue weighted by atomic mass is 32.1. The summed E-state index contributed by atoms with van der Waals surface area (Å²) in [5.41, 5.74) is 14.2. The molecule has 2 heterocycles. The Morgan fingerprint density at radius 3 is 1.53 bits per heavy atom. The third-order valence-electron chi connectivity index (χ3n) is 11.1. The number of thiophene rings is 1. The normalized spacial score (nSPS) is 11.5. The molecule has 0 spiro atoms. The van der Waals surface area contributed by atoms with Gasteiger partial charge in [-0.05, 0) is 87.5 Å². The summed E-state index contributed by atoms with van der Waals surface area (Å²) < 4.78 is 9.70. The second-order valence-electron chi connectivity index (χ2n) is 14.5. The quantitative estimate of drug-likeness (QED) is 0.162. The summed E-state index contributed by atoms with van der Waals surface area (Å²) in [5, 5.41) is 4.67. The first kappa shape index (κ1) is 33.2. The van der Waals surface area contributed by atoms with Gasteiger partial charge in [0.1, 0.15) is 5.58 Å². The molecular formula is C54H35NOS. The van der Waals surface area contributed by atoms with Gasteiger partial charge < -0.3 is 9.32 Å². The monoisotopic (exact) mass is 745 g/mol. The number of hydrogen-bond acceptors (Lipinski definition) is 3. The van der Waals surface area contributed by atoms with Gasteiger partial charge in [0.25, 0.3) is 0 Å². The van der Waals surface area contributed by atoms with Crippen molar-refractivity contribution in [1.82, 2.24) is 0 Å². The number of rotatable bonds is 7.